The normalized spacial score (nSPS) is 20.4. The third-order valence-corrected chi connectivity index (χ3v) is 4.17. The third-order valence-electron chi connectivity index (χ3n) is 3.85. The highest BCUT2D eigenvalue weighted by molar-refractivity contribution is 6.30. The van der Waals surface area contributed by atoms with E-state index in [2.05, 4.69) is 53.3 Å². The predicted octanol–water partition coefficient (Wildman–Crippen LogP) is 2.99. The molecule has 1 N–H and O–H groups in total. The largest absolute Gasteiger partial charge is 0.312 e. The number of nitrogens with one attached hydrogen (secondary N) is 1. The molecule has 0 spiro atoms. The zero-order valence-electron chi connectivity index (χ0n) is 12.0. The van der Waals surface area contributed by atoms with Crippen LogP contribution in [0.5, 0.6) is 0 Å². The van der Waals surface area contributed by atoms with Gasteiger partial charge in [0.15, 0.2) is 0 Å². The first-order valence-electron chi connectivity index (χ1n) is 7.13. The number of nitrogens with zero attached hydrogens (tertiary/aromatic N) is 2. The zero-order valence-corrected chi connectivity index (χ0v) is 12.7. The smallest absolute Gasteiger partial charge is 0.134 e. The molecule has 1 atom stereocenters. The summed E-state index contributed by atoms with van der Waals surface area (Å²) in [5.74, 6) is 0. The van der Waals surface area contributed by atoms with Gasteiger partial charge in [0.25, 0.3) is 0 Å². The van der Waals surface area contributed by atoms with Crippen molar-refractivity contribution < 1.29 is 0 Å². The molecule has 3 nitrogen and oxygen atoms in total. The van der Waals surface area contributed by atoms with E-state index in [-0.39, 0.29) is 0 Å². The Morgan fingerprint density at radius 1 is 1.40 bits per heavy atom. The van der Waals surface area contributed by atoms with Gasteiger partial charge in [-0.05, 0) is 31.5 Å². The molecule has 2 aromatic rings. The Morgan fingerprint density at radius 3 is 3.05 bits per heavy atom. The molecule has 2 heterocycles. The average Bonchev–Trinajstić information content (AvgIpc) is 2.40. The van der Waals surface area contributed by atoms with E-state index in [1.165, 1.54) is 5.56 Å². The van der Waals surface area contributed by atoms with E-state index in [1.807, 2.05) is 0 Å². The van der Waals surface area contributed by atoms with E-state index in [1.54, 1.807) is 0 Å². The quantitative estimate of drug-likeness (QED) is 0.862. The number of halogens is 1. The average molecular weight is 290 g/mol. The van der Waals surface area contributed by atoms with Gasteiger partial charge in [-0.1, -0.05) is 23.7 Å². The maximum Gasteiger partial charge on any atom is 0.134 e. The zero-order chi connectivity index (χ0) is 14.1. The molecule has 1 aromatic carbocycles. The number of aromatic nitrogens is 1. The van der Waals surface area contributed by atoms with E-state index in [0.29, 0.717) is 11.2 Å². The van der Waals surface area contributed by atoms with E-state index >= 15 is 0 Å². The molecule has 0 amide bonds. The van der Waals surface area contributed by atoms with Crippen LogP contribution in [-0.4, -0.2) is 35.6 Å². The monoisotopic (exact) mass is 289 g/mol. The van der Waals surface area contributed by atoms with Crippen LogP contribution in [0.4, 0.5) is 0 Å². The van der Waals surface area contributed by atoms with Gasteiger partial charge in [0, 0.05) is 43.2 Å². The van der Waals surface area contributed by atoms with Crippen molar-refractivity contribution in [2.75, 3.05) is 19.6 Å². The first-order chi connectivity index (χ1) is 9.61. The van der Waals surface area contributed by atoms with Gasteiger partial charge in [-0.3, -0.25) is 4.90 Å². The van der Waals surface area contributed by atoms with Gasteiger partial charge in [-0.25, -0.2) is 4.98 Å². The Balaban J connectivity index is 1.87. The first kappa shape index (κ1) is 13.8. The van der Waals surface area contributed by atoms with Crippen molar-refractivity contribution in [1.82, 2.24) is 15.2 Å². The maximum absolute atomic E-state index is 6.36. The molecular formula is C16H20ClN3. The number of piperazine rings is 1. The minimum atomic E-state index is 0.540. The lowest BCUT2D eigenvalue weighted by Crippen LogP contribution is -2.48. The van der Waals surface area contributed by atoms with Gasteiger partial charge in [0.2, 0.25) is 0 Å². The maximum atomic E-state index is 6.36. The lowest BCUT2D eigenvalue weighted by Gasteiger charge is -2.31. The van der Waals surface area contributed by atoms with Gasteiger partial charge in [-0.2, -0.15) is 0 Å². The number of pyridine rings is 1. The van der Waals surface area contributed by atoms with Gasteiger partial charge in [0.1, 0.15) is 5.15 Å². The first-order valence-corrected chi connectivity index (χ1v) is 7.51. The topological polar surface area (TPSA) is 28.2 Å². The Bertz CT molecular complexity index is 626. The lowest BCUT2D eigenvalue weighted by molar-refractivity contribution is 0.199. The molecule has 1 fully saturated rings. The Morgan fingerprint density at radius 2 is 2.25 bits per heavy atom. The molecule has 1 aliphatic heterocycles. The van der Waals surface area contributed by atoms with Crippen LogP contribution in [0.2, 0.25) is 5.15 Å². The summed E-state index contributed by atoms with van der Waals surface area (Å²) in [7, 11) is 0. The third kappa shape index (κ3) is 2.95. The van der Waals surface area contributed by atoms with Crippen molar-refractivity contribution in [3.05, 3.63) is 40.5 Å². The van der Waals surface area contributed by atoms with Crippen LogP contribution in [0.15, 0.2) is 24.3 Å². The highest BCUT2D eigenvalue weighted by atomic mass is 35.5. The molecule has 1 saturated heterocycles. The second-order valence-corrected chi connectivity index (χ2v) is 6.08. The van der Waals surface area contributed by atoms with Gasteiger partial charge in [0.05, 0.1) is 5.52 Å². The van der Waals surface area contributed by atoms with Gasteiger partial charge >= 0.3 is 0 Å². The molecule has 0 saturated carbocycles. The Labute approximate surface area is 124 Å². The molecule has 3 rings (SSSR count). The molecule has 0 radical (unpaired) electrons. The van der Waals surface area contributed by atoms with Crippen molar-refractivity contribution in [3.8, 4) is 0 Å². The predicted molar refractivity (Wildman–Crippen MR) is 84.2 cm³/mol. The SMILES string of the molecule is Cc1ccc2cc(CN3CCN[C@H](C)C3)c(Cl)nc2c1. The Hall–Kier alpha value is -1.16. The van der Waals surface area contributed by atoms with Gasteiger partial charge in [-0.15, -0.1) is 0 Å². The van der Waals surface area contributed by atoms with Crippen molar-refractivity contribution in [1.29, 1.82) is 0 Å². The highest BCUT2D eigenvalue weighted by Crippen LogP contribution is 2.23. The molecule has 4 heteroatoms. The van der Waals surface area contributed by atoms with Crippen molar-refractivity contribution in [3.63, 3.8) is 0 Å². The second kappa shape index (κ2) is 5.68. The Kier molecular flexibility index (Phi) is 3.92. The van der Waals surface area contributed by atoms with E-state index in [0.717, 1.165) is 42.6 Å². The van der Waals surface area contributed by atoms with E-state index < -0.39 is 0 Å². The van der Waals surface area contributed by atoms with Crippen molar-refractivity contribution in [2.45, 2.75) is 26.4 Å². The van der Waals surface area contributed by atoms with Crippen LogP contribution in [0.25, 0.3) is 10.9 Å². The van der Waals surface area contributed by atoms with Crippen LogP contribution in [0, 0.1) is 6.92 Å². The fourth-order valence-electron chi connectivity index (χ4n) is 2.80. The molecule has 1 aliphatic rings. The fraction of sp³-hybridized carbons (Fsp3) is 0.438. The summed E-state index contributed by atoms with van der Waals surface area (Å²) in [6, 6.07) is 9.04. The van der Waals surface area contributed by atoms with Crippen molar-refractivity contribution >= 4 is 22.5 Å². The molecule has 1 aromatic heterocycles. The summed E-state index contributed by atoms with van der Waals surface area (Å²) in [5.41, 5.74) is 3.31. The summed E-state index contributed by atoms with van der Waals surface area (Å²) in [5, 5.41) is 5.26. The summed E-state index contributed by atoms with van der Waals surface area (Å²) in [6.07, 6.45) is 0. The number of benzene rings is 1. The number of hydrogen-bond acceptors (Lipinski definition) is 3. The summed E-state index contributed by atoms with van der Waals surface area (Å²) in [4.78, 5) is 6.98. The van der Waals surface area contributed by atoms with E-state index in [9.17, 15) is 0 Å². The molecule has 0 bridgehead atoms. The molecular weight excluding hydrogens is 270 g/mol. The number of hydrogen-bond donors (Lipinski definition) is 1. The second-order valence-electron chi connectivity index (χ2n) is 5.72. The molecule has 106 valence electrons. The molecule has 20 heavy (non-hydrogen) atoms. The highest BCUT2D eigenvalue weighted by Gasteiger charge is 2.17. The van der Waals surface area contributed by atoms with E-state index in [4.69, 9.17) is 11.6 Å². The van der Waals surface area contributed by atoms with Gasteiger partial charge < -0.3 is 5.32 Å². The minimum Gasteiger partial charge on any atom is -0.312 e. The lowest BCUT2D eigenvalue weighted by atomic mass is 10.1. The van der Waals surface area contributed by atoms with Crippen LogP contribution in [-0.2, 0) is 6.54 Å². The molecule has 0 unspecified atom stereocenters. The van der Waals surface area contributed by atoms with Crippen LogP contribution >= 0.6 is 11.6 Å². The summed E-state index contributed by atoms with van der Waals surface area (Å²) >= 11 is 6.36. The van der Waals surface area contributed by atoms with Crippen molar-refractivity contribution in [2.24, 2.45) is 0 Å². The van der Waals surface area contributed by atoms with Crippen LogP contribution < -0.4 is 5.32 Å². The number of rotatable bonds is 2. The van der Waals surface area contributed by atoms with Crippen LogP contribution in [0.1, 0.15) is 18.1 Å². The standard InChI is InChI=1S/C16H20ClN3/c1-11-3-4-13-8-14(16(17)19-15(13)7-11)10-20-6-5-18-12(2)9-20/h3-4,7-8,12,18H,5-6,9-10H2,1-2H3/t12-/m1/s1. The van der Waals surface area contributed by atoms with Crippen LogP contribution in [0.3, 0.4) is 0 Å². The number of aryl methyl sites for hydroxylation is 1. The summed E-state index contributed by atoms with van der Waals surface area (Å²) < 4.78 is 0. The minimum absolute atomic E-state index is 0.540. The molecule has 0 aliphatic carbocycles. The summed E-state index contributed by atoms with van der Waals surface area (Å²) in [6.45, 7) is 8.33. The number of fused-ring (bicyclic) bond motifs is 1. The fourth-order valence-corrected chi connectivity index (χ4v) is 3.01.